The van der Waals surface area contributed by atoms with Gasteiger partial charge in [-0.25, -0.2) is 22.8 Å². The van der Waals surface area contributed by atoms with E-state index in [-0.39, 0.29) is 35.6 Å². The molecule has 1 aliphatic rings. The van der Waals surface area contributed by atoms with Crippen LogP contribution in [0, 0.1) is 12.7 Å². The Hall–Kier alpha value is -3.66. The number of hydrogen-bond donors (Lipinski definition) is 1. The maximum atomic E-state index is 13.5. The summed E-state index contributed by atoms with van der Waals surface area (Å²) < 4.78 is 39.7. The smallest absolute Gasteiger partial charge is 0.272 e. The number of nitrogens with zero attached hydrogens (tertiary/aromatic N) is 4. The van der Waals surface area contributed by atoms with Crippen molar-refractivity contribution in [3.8, 4) is 11.3 Å². The van der Waals surface area contributed by atoms with E-state index in [1.54, 1.807) is 49.6 Å². The third-order valence-corrected chi connectivity index (χ3v) is 7.74. The summed E-state index contributed by atoms with van der Waals surface area (Å²) in [5, 5.41) is 2.87. The molecule has 4 heterocycles. The molecule has 174 valence electrons. The molecule has 5 rings (SSSR count). The Morgan fingerprint density at radius 2 is 1.88 bits per heavy atom. The van der Waals surface area contributed by atoms with Gasteiger partial charge in [-0.2, -0.15) is 0 Å². The van der Waals surface area contributed by atoms with Crippen molar-refractivity contribution in [2.75, 3.05) is 11.5 Å². The number of fused-ring (bicyclic) bond motifs is 1. The highest BCUT2D eigenvalue weighted by atomic mass is 32.2. The van der Waals surface area contributed by atoms with Gasteiger partial charge in [-0.1, -0.05) is 0 Å². The number of nitrogens with one attached hydrogen (secondary N) is 1. The Kier molecular flexibility index (Phi) is 5.60. The molecular weight excluding hydrogens is 457 g/mol. The quantitative estimate of drug-likeness (QED) is 0.471. The summed E-state index contributed by atoms with van der Waals surface area (Å²) >= 11 is 0. The minimum absolute atomic E-state index is 0.0249. The zero-order chi connectivity index (χ0) is 23.9. The Bertz CT molecular complexity index is 1480. The van der Waals surface area contributed by atoms with E-state index in [0.717, 1.165) is 5.56 Å². The summed E-state index contributed by atoms with van der Waals surface area (Å²) in [5.41, 5.74) is 3.16. The molecule has 1 aromatic carbocycles. The monoisotopic (exact) mass is 479 g/mol. The topological polar surface area (TPSA) is 107 Å². The molecule has 8 nitrogen and oxygen atoms in total. The normalized spacial score (nSPS) is 17.2. The van der Waals surface area contributed by atoms with E-state index in [1.165, 1.54) is 12.1 Å². The van der Waals surface area contributed by atoms with E-state index in [2.05, 4.69) is 20.3 Å². The van der Waals surface area contributed by atoms with Crippen molar-refractivity contribution in [1.82, 2.24) is 24.8 Å². The van der Waals surface area contributed by atoms with Crippen LogP contribution >= 0.6 is 0 Å². The number of carbonyl (C=O) groups excluding carboxylic acids is 1. The van der Waals surface area contributed by atoms with Gasteiger partial charge in [-0.3, -0.25) is 9.78 Å². The fourth-order valence-corrected chi connectivity index (χ4v) is 6.04. The van der Waals surface area contributed by atoms with Crippen LogP contribution in [0.15, 0.2) is 54.9 Å². The second-order valence-electron chi connectivity index (χ2n) is 8.35. The number of benzene rings is 1. The lowest BCUT2D eigenvalue weighted by Gasteiger charge is -2.15. The average Bonchev–Trinajstić information content (AvgIpc) is 3.35. The molecule has 0 spiro atoms. The molecule has 0 aliphatic carbocycles. The lowest BCUT2D eigenvalue weighted by atomic mass is 10.1. The number of sulfone groups is 1. The van der Waals surface area contributed by atoms with Gasteiger partial charge >= 0.3 is 0 Å². The van der Waals surface area contributed by atoms with Crippen LogP contribution in [-0.4, -0.2) is 45.3 Å². The molecule has 34 heavy (non-hydrogen) atoms. The lowest BCUT2D eigenvalue weighted by molar-refractivity contribution is 0.0947. The predicted octanol–water partition coefficient (Wildman–Crippen LogP) is 3.23. The molecule has 3 aromatic heterocycles. The first-order valence-electron chi connectivity index (χ1n) is 10.8. The molecular formula is C24H22FN5O3S. The third-order valence-electron chi connectivity index (χ3n) is 5.99. The highest BCUT2D eigenvalue weighted by Gasteiger charge is 2.32. The SMILES string of the molecule is Cc1nc2c(C(=O)NCc3ccncc3)nc(-c3ccc(F)cc3)cc2n1C1CCS(=O)(=O)C1. The van der Waals surface area contributed by atoms with Crippen LogP contribution in [0.25, 0.3) is 22.3 Å². The van der Waals surface area contributed by atoms with Crippen molar-refractivity contribution in [3.05, 3.63) is 77.8 Å². The predicted molar refractivity (Wildman–Crippen MR) is 125 cm³/mol. The zero-order valence-corrected chi connectivity index (χ0v) is 19.2. The van der Waals surface area contributed by atoms with Gasteiger partial charge in [0.25, 0.3) is 5.91 Å². The van der Waals surface area contributed by atoms with E-state index in [4.69, 9.17) is 0 Å². The summed E-state index contributed by atoms with van der Waals surface area (Å²) in [5.74, 6) is -0.0340. The lowest BCUT2D eigenvalue weighted by Crippen LogP contribution is -2.24. The van der Waals surface area contributed by atoms with Crippen LogP contribution in [0.2, 0.25) is 0 Å². The maximum absolute atomic E-state index is 13.5. The number of imidazole rings is 1. The molecule has 4 aromatic rings. The standard InChI is InChI=1S/C24H22FN5O3S/c1-15-28-22-21(30(15)19-8-11-34(32,33)14-19)12-20(17-2-4-18(25)5-3-17)29-23(22)24(31)27-13-16-6-9-26-10-7-16/h2-7,9-10,12,19H,8,11,13-14H2,1H3,(H,27,31). The van der Waals surface area contributed by atoms with E-state index in [1.807, 2.05) is 4.57 Å². The highest BCUT2D eigenvalue weighted by Crippen LogP contribution is 2.32. The van der Waals surface area contributed by atoms with Crippen LogP contribution in [0.5, 0.6) is 0 Å². The number of pyridine rings is 2. The molecule has 1 N–H and O–H groups in total. The van der Waals surface area contributed by atoms with Crippen LogP contribution < -0.4 is 5.32 Å². The Labute approximate surface area is 195 Å². The minimum atomic E-state index is -3.13. The first-order valence-corrected chi connectivity index (χ1v) is 12.7. The van der Waals surface area contributed by atoms with Crippen LogP contribution in [0.4, 0.5) is 4.39 Å². The van der Waals surface area contributed by atoms with Gasteiger partial charge in [0.15, 0.2) is 15.5 Å². The molecule has 1 aliphatic heterocycles. The summed E-state index contributed by atoms with van der Waals surface area (Å²) in [6.07, 6.45) is 3.77. The van der Waals surface area contributed by atoms with E-state index >= 15 is 0 Å². The fraction of sp³-hybridized carbons (Fsp3) is 0.250. The zero-order valence-electron chi connectivity index (χ0n) is 18.4. The van der Waals surface area contributed by atoms with Crippen molar-refractivity contribution in [1.29, 1.82) is 0 Å². The third kappa shape index (κ3) is 4.28. The van der Waals surface area contributed by atoms with Crippen LogP contribution in [0.3, 0.4) is 0 Å². The molecule has 0 radical (unpaired) electrons. The van der Waals surface area contributed by atoms with E-state index in [0.29, 0.717) is 34.5 Å². The number of halogens is 1. The van der Waals surface area contributed by atoms with Crippen molar-refractivity contribution in [2.45, 2.75) is 25.9 Å². The Morgan fingerprint density at radius 3 is 2.56 bits per heavy atom. The Balaban J connectivity index is 1.62. The summed E-state index contributed by atoms with van der Waals surface area (Å²) in [7, 11) is -3.13. The summed E-state index contributed by atoms with van der Waals surface area (Å²) in [6, 6.07) is 11.0. The van der Waals surface area contributed by atoms with Crippen molar-refractivity contribution >= 4 is 26.8 Å². The average molecular weight is 480 g/mol. The van der Waals surface area contributed by atoms with E-state index < -0.39 is 15.7 Å². The molecule has 1 atom stereocenters. The maximum Gasteiger partial charge on any atom is 0.272 e. The summed E-state index contributed by atoms with van der Waals surface area (Å²) in [4.78, 5) is 26.4. The van der Waals surface area contributed by atoms with Crippen molar-refractivity contribution in [2.24, 2.45) is 0 Å². The van der Waals surface area contributed by atoms with Gasteiger partial charge in [0, 0.05) is 24.5 Å². The number of amides is 1. The first kappa shape index (κ1) is 22.1. The van der Waals surface area contributed by atoms with Gasteiger partial charge < -0.3 is 9.88 Å². The molecule has 0 bridgehead atoms. The second kappa shape index (κ2) is 8.60. The van der Waals surface area contributed by atoms with Gasteiger partial charge in [0.2, 0.25) is 0 Å². The number of carbonyl (C=O) groups is 1. The summed E-state index contributed by atoms with van der Waals surface area (Å²) in [6.45, 7) is 2.08. The molecule has 10 heteroatoms. The number of aromatic nitrogens is 4. The highest BCUT2D eigenvalue weighted by molar-refractivity contribution is 7.91. The van der Waals surface area contributed by atoms with Crippen molar-refractivity contribution < 1.29 is 17.6 Å². The van der Waals surface area contributed by atoms with Gasteiger partial charge in [0.05, 0.1) is 28.8 Å². The van der Waals surface area contributed by atoms with Gasteiger partial charge in [-0.05, 0) is 61.4 Å². The molecule has 1 fully saturated rings. The van der Waals surface area contributed by atoms with Gasteiger partial charge in [0.1, 0.15) is 17.2 Å². The molecule has 0 saturated carbocycles. The molecule has 1 unspecified atom stereocenters. The number of rotatable bonds is 5. The largest absolute Gasteiger partial charge is 0.347 e. The van der Waals surface area contributed by atoms with Crippen LogP contribution in [0.1, 0.15) is 34.3 Å². The molecule has 1 saturated heterocycles. The number of hydrogen-bond acceptors (Lipinski definition) is 6. The first-order chi connectivity index (χ1) is 16.3. The van der Waals surface area contributed by atoms with Crippen LogP contribution in [-0.2, 0) is 16.4 Å². The van der Waals surface area contributed by atoms with Crippen molar-refractivity contribution in [3.63, 3.8) is 0 Å². The van der Waals surface area contributed by atoms with E-state index in [9.17, 15) is 17.6 Å². The van der Waals surface area contributed by atoms with Gasteiger partial charge in [-0.15, -0.1) is 0 Å². The minimum Gasteiger partial charge on any atom is -0.347 e. The Morgan fingerprint density at radius 1 is 1.15 bits per heavy atom. The second-order valence-corrected chi connectivity index (χ2v) is 10.6. The fourth-order valence-electron chi connectivity index (χ4n) is 4.34. The molecule has 1 amide bonds. The number of aryl methyl sites for hydroxylation is 1.